The summed E-state index contributed by atoms with van der Waals surface area (Å²) in [5, 5.41) is 1.00. The van der Waals surface area contributed by atoms with E-state index in [1.807, 2.05) is 29.0 Å². The van der Waals surface area contributed by atoms with Crippen molar-refractivity contribution in [3.8, 4) is 11.3 Å². The number of hydrogen-bond donors (Lipinski definition) is 0. The molecule has 0 spiro atoms. The van der Waals surface area contributed by atoms with Crippen LogP contribution in [0.1, 0.15) is 10.4 Å². The van der Waals surface area contributed by atoms with Gasteiger partial charge in [0, 0.05) is 44.2 Å². The van der Waals surface area contributed by atoms with Crippen LogP contribution in [0.25, 0.3) is 22.3 Å². The van der Waals surface area contributed by atoms with Gasteiger partial charge in [-0.25, -0.2) is 9.78 Å². The molecule has 6 nitrogen and oxygen atoms in total. The van der Waals surface area contributed by atoms with Gasteiger partial charge >= 0.3 is 5.97 Å². The molecule has 0 atom stereocenters. The van der Waals surface area contributed by atoms with Crippen LogP contribution in [0.3, 0.4) is 0 Å². The third-order valence-electron chi connectivity index (χ3n) is 4.35. The zero-order chi connectivity index (χ0) is 19.4. The predicted octanol–water partition coefficient (Wildman–Crippen LogP) is 4.20. The molecule has 0 aliphatic rings. The van der Waals surface area contributed by atoms with Gasteiger partial charge in [-0.3, -0.25) is 4.98 Å². The van der Waals surface area contributed by atoms with Gasteiger partial charge in [-0.1, -0.05) is 19.6 Å². The fourth-order valence-electron chi connectivity index (χ4n) is 2.75. The average molecular weight is 384 g/mol. The van der Waals surface area contributed by atoms with Crippen molar-refractivity contribution in [2.24, 2.45) is 0 Å². The lowest BCUT2D eigenvalue weighted by Crippen LogP contribution is -2.22. The molecule has 0 N–H and O–H groups in total. The van der Waals surface area contributed by atoms with Crippen LogP contribution in [0.5, 0.6) is 0 Å². The lowest BCUT2D eigenvalue weighted by molar-refractivity contribution is 0.0600. The molecule has 7 heteroatoms. The molecule has 0 radical (unpaired) electrons. The predicted molar refractivity (Wildman–Crippen MR) is 108 cm³/mol. The third-order valence-corrected chi connectivity index (χ3v) is 6.05. The number of aromatic nitrogens is 3. The van der Waals surface area contributed by atoms with Crippen LogP contribution in [-0.4, -0.2) is 42.3 Å². The molecule has 0 aromatic carbocycles. The quantitative estimate of drug-likeness (QED) is 0.348. The van der Waals surface area contributed by atoms with Crippen molar-refractivity contribution in [1.29, 1.82) is 0 Å². The first-order chi connectivity index (χ1) is 12.9. The maximum absolute atomic E-state index is 11.6. The number of pyridine rings is 2. The second kappa shape index (κ2) is 8.02. The van der Waals surface area contributed by atoms with Crippen molar-refractivity contribution in [1.82, 2.24) is 14.5 Å². The fourth-order valence-corrected chi connectivity index (χ4v) is 3.51. The Balaban J connectivity index is 1.80. The van der Waals surface area contributed by atoms with Crippen molar-refractivity contribution in [3.63, 3.8) is 0 Å². The summed E-state index contributed by atoms with van der Waals surface area (Å²) < 4.78 is 12.6. The highest BCUT2D eigenvalue weighted by Crippen LogP contribution is 2.27. The summed E-state index contributed by atoms with van der Waals surface area (Å²) in [6, 6.07) is 8.63. The lowest BCUT2D eigenvalue weighted by Gasteiger charge is -2.15. The number of hydrogen-bond acceptors (Lipinski definition) is 5. The number of fused-ring (bicyclic) bond motifs is 1. The summed E-state index contributed by atoms with van der Waals surface area (Å²) in [4.78, 5) is 20.5. The van der Waals surface area contributed by atoms with Crippen LogP contribution in [0.15, 0.2) is 42.9 Å². The Morgan fingerprint density at radius 2 is 1.96 bits per heavy atom. The van der Waals surface area contributed by atoms with Gasteiger partial charge in [-0.2, -0.15) is 0 Å². The highest BCUT2D eigenvalue weighted by molar-refractivity contribution is 6.76. The minimum absolute atomic E-state index is 0.393. The first kappa shape index (κ1) is 19.3. The lowest BCUT2D eigenvalue weighted by atomic mass is 10.1. The Kier molecular flexibility index (Phi) is 5.72. The number of methoxy groups -OCH3 is 1. The van der Waals surface area contributed by atoms with E-state index in [1.165, 1.54) is 13.3 Å². The van der Waals surface area contributed by atoms with Gasteiger partial charge < -0.3 is 14.0 Å². The van der Waals surface area contributed by atoms with E-state index in [2.05, 4.69) is 29.6 Å². The van der Waals surface area contributed by atoms with Crippen LogP contribution in [0, 0.1) is 0 Å². The van der Waals surface area contributed by atoms with Gasteiger partial charge in [0.25, 0.3) is 0 Å². The number of rotatable bonds is 7. The first-order valence-corrected chi connectivity index (χ1v) is 12.7. The summed E-state index contributed by atoms with van der Waals surface area (Å²) in [6.07, 6.45) is 5.29. The van der Waals surface area contributed by atoms with Crippen molar-refractivity contribution >= 4 is 25.1 Å². The molecular weight excluding hydrogens is 358 g/mol. The smallest absolute Gasteiger partial charge is 0.339 e. The van der Waals surface area contributed by atoms with E-state index in [9.17, 15) is 4.79 Å². The molecule has 0 aliphatic heterocycles. The molecule has 0 saturated heterocycles. The summed E-state index contributed by atoms with van der Waals surface area (Å²) in [6.45, 7) is 8.28. The minimum atomic E-state index is -1.09. The van der Waals surface area contributed by atoms with E-state index in [0.717, 1.165) is 34.9 Å². The normalized spacial score (nSPS) is 11.7. The van der Waals surface area contributed by atoms with E-state index in [1.54, 1.807) is 12.3 Å². The molecule has 0 aliphatic carbocycles. The van der Waals surface area contributed by atoms with E-state index in [-0.39, 0.29) is 0 Å². The molecule has 3 aromatic rings. The topological polar surface area (TPSA) is 66.2 Å². The van der Waals surface area contributed by atoms with Gasteiger partial charge in [0.2, 0.25) is 0 Å². The summed E-state index contributed by atoms with van der Waals surface area (Å²) >= 11 is 0. The van der Waals surface area contributed by atoms with Gasteiger partial charge in [-0.15, -0.1) is 0 Å². The largest absolute Gasteiger partial charge is 0.465 e. The van der Waals surface area contributed by atoms with E-state index in [0.29, 0.717) is 12.3 Å². The number of esters is 1. The van der Waals surface area contributed by atoms with Crippen LogP contribution < -0.4 is 0 Å². The van der Waals surface area contributed by atoms with E-state index >= 15 is 0 Å². The van der Waals surface area contributed by atoms with E-state index < -0.39 is 14.0 Å². The maximum atomic E-state index is 11.6. The molecule has 0 fully saturated rings. The Hall–Kier alpha value is -2.51. The van der Waals surface area contributed by atoms with Gasteiger partial charge in [0.1, 0.15) is 12.4 Å². The van der Waals surface area contributed by atoms with Crippen LogP contribution in [0.4, 0.5) is 0 Å². The molecule has 142 valence electrons. The molecular formula is C20H25N3O3Si. The fraction of sp³-hybridized carbons (Fsp3) is 0.350. The van der Waals surface area contributed by atoms with Gasteiger partial charge in [-0.05, 0) is 30.3 Å². The highest BCUT2D eigenvalue weighted by Gasteiger charge is 2.13. The van der Waals surface area contributed by atoms with E-state index in [4.69, 9.17) is 9.47 Å². The van der Waals surface area contributed by atoms with Crippen LogP contribution in [0.2, 0.25) is 25.7 Å². The summed E-state index contributed by atoms with van der Waals surface area (Å²) in [5.74, 6) is -0.393. The summed E-state index contributed by atoms with van der Waals surface area (Å²) in [7, 11) is 0.266. The van der Waals surface area contributed by atoms with Crippen molar-refractivity contribution in [2.45, 2.75) is 32.4 Å². The number of carbonyl (C=O) groups is 1. The molecule has 3 rings (SSSR count). The average Bonchev–Trinajstić information content (AvgIpc) is 3.07. The Morgan fingerprint density at radius 3 is 2.63 bits per heavy atom. The maximum Gasteiger partial charge on any atom is 0.339 e. The Bertz CT molecular complexity index is 930. The van der Waals surface area contributed by atoms with Crippen molar-refractivity contribution < 1.29 is 14.3 Å². The minimum Gasteiger partial charge on any atom is -0.465 e. The van der Waals surface area contributed by atoms with Crippen LogP contribution in [-0.2, 0) is 16.2 Å². The number of nitrogens with zero attached hydrogens (tertiary/aromatic N) is 3. The number of carbonyl (C=O) groups excluding carboxylic acids is 1. The van der Waals surface area contributed by atoms with Gasteiger partial charge in [0.05, 0.1) is 18.4 Å². The highest BCUT2D eigenvalue weighted by atomic mass is 28.3. The van der Waals surface area contributed by atoms with Gasteiger partial charge in [0.15, 0.2) is 0 Å². The molecule has 0 saturated carbocycles. The number of ether oxygens (including phenoxy) is 2. The van der Waals surface area contributed by atoms with Crippen molar-refractivity contribution in [2.75, 3.05) is 13.7 Å². The molecule has 0 bridgehead atoms. The molecule has 0 amide bonds. The second-order valence-corrected chi connectivity index (χ2v) is 13.3. The summed E-state index contributed by atoms with van der Waals surface area (Å²) in [5.41, 5.74) is 3.05. The Morgan fingerprint density at radius 1 is 1.15 bits per heavy atom. The SMILES string of the molecule is COC(=O)c1ccc(-c2ccnc3c2ccn3COCC[Si](C)(C)C)nc1. The zero-order valence-corrected chi connectivity index (χ0v) is 17.2. The standard InChI is InChI=1S/C20H25N3O3Si/c1-25-20(24)15-5-6-18(22-13-15)16-7-9-21-19-17(16)8-10-23(19)14-26-11-12-27(2,3)4/h5-10,13H,11-12,14H2,1-4H3. The third kappa shape index (κ3) is 4.61. The van der Waals surface area contributed by atoms with Crippen molar-refractivity contribution in [3.05, 3.63) is 48.4 Å². The molecule has 0 unspecified atom stereocenters. The molecule has 3 heterocycles. The second-order valence-electron chi connectivity index (χ2n) is 7.65. The zero-order valence-electron chi connectivity index (χ0n) is 16.2. The molecule has 3 aromatic heterocycles. The first-order valence-electron chi connectivity index (χ1n) is 8.95. The monoisotopic (exact) mass is 383 g/mol. The van der Waals surface area contributed by atoms with Crippen LogP contribution >= 0.6 is 0 Å². The Labute approximate surface area is 160 Å². The molecule has 27 heavy (non-hydrogen) atoms.